The summed E-state index contributed by atoms with van der Waals surface area (Å²) in [6.07, 6.45) is -1.53. The van der Waals surface area contributed by atoms with E-state index in [1.165, 1.54) is 18.4 Å². The number of rotatable bonds is 3. The molecule has 2 aromatic heterocycles. The van der Waals surface area contributed by atoms with Crippen molar-refractivity contribution in [2.75, 3.05) is 26.2 Å². The molecule has 2 aliphatic heterocycles. The number of carbonyl (C=O) groups is 3. The summed E-state index contributed by atoms with van der Waals surface area (Å²) >= 11 is 1.55. The van der Waals surface area contributed by atoms with E-state index in [0.717, 1.165) is 50.4 Å². The smallest absolute Gasteiger partial charge is 0.475 e. The highest BCUT2D eigenvalue weighted by atomic mass is 32.1. The van der Waals surface area contributed by atoms with Gasteiger partial charge in [0.1, 0.15) is 0 Å². The number of piperidine rings is 2. The van der Waals surface area contributed by atoms with Gasteiger partial charge in [0.25, 0.3) is 5.91 Å². The second-order valence-electron chi connectivity index (χ2n) is 9.01. The van der Waals surface area contributed by atoms with E-state index in [4.69, 9.17) is 19.8 Å². The Kier molecular flexibility index (Phi) is 11.3. The molecule has 0 atom stereocenters. The maximum Gasteiger partial charge on any atom is 0.490 e. The van der Waals surface area contributed by atoms with Crippen molar-refractivity contribution in [3.63, 3.8) is 0 Å². The van der Waals surface area contributed by atoms with E-state index in [-0.39, 0.29) is 5.91 Å². The lowest BCUT2D eigenvalue weighted by atomic mass is 9.71. The molecule has 4 rings (SSSR count). The minimum atomic E-state index is -5.08. The predicted molar refractivity (Wildman–Crippen MR) is 128 cm³/mol. The van der Waals surface area contributed by atoms with Crippen LogP contribution < -0.4 is 0 Å². The van der Waals surface area contributed by atoms with Crippen LogP contribution in [-0.2, 0) is 16.1 Å². The number of carbonyl (C=O) groups excluding carboxylic acids is 1. The number of alkyl halides is 6. The van der Waals surface area contributed by atoms with Crippen LogP contribution in [0.15, 0.2) is 42.0 Å². The fourth-order valence-corrected chi connectivity index (χ4v) is 4.87. The second kappa shape index (κ2) is 13.7. The van der Waals surface area contributed by atoms with E-state index >= 15 is 0 Å². The fourth-order valence-electron chi connectivity index (χ4n) is 4.18. The Bertz CT molecular complexity index is 1040. The molecule has 216 valence electrons. The predicted octanol–water partition coefficient (Wildman–Crippen LogP) is 4.93. The van der Waals surface area contributed by atoms with E-state index < -0.39 is 24.3 Å². The van der Waals surface area contributed by atoms with Gasteiger partial charge in [-0.05, 0) is 67.3 Å². The third-order valence-electron chi connectivity index (χ3n) is 6.37. The van der Waals surface area contributed by atoms with Crippen LogP contribution in [0, 0.1) is 5.41 Å². The Morgan fingerprint density at radius 3 is 1.79 bits per heavy atom. The molecule has 4 heterocycles. The third-order valence-corrected chi connectivity index (χ3v) is 7.23. The number of aliphatic carboxylic acids is 2. The highest BCUT2D eigenvalue weighted by Crippen LogP contribution is 2.41. The molecule has 2 N–H and O–H groups in total. The molecular weight excluding hydrogens is 556 g/mol. The molecule has 0 aromatic carbocycles. The second-order valence-corrected chi connectivity index (χ2v) is 9.96. The highest BCUT2D eigenvalue weighted by Gasteiger charge is 2.40. The zero-order chi connectivity index (χ0) is 29.3. The topological polar surface area (TPSA) is 111 Å². The zero-order valence-corrected chi connectivity index (χ0v) is 21.4. The quantitative estimate of drug-likeness (QED) is 0.493. The largest absolute Gasteiger partial charge is 0.490 e. The van der Waals surface area contributed by atoms with Crippen molar-refractivity contribution in [3.8, 4) is 0 Å². The number of carboxylic acid groups (broad SMARTS) is 2. The summed E-state index contributed by atoms with van der Waals surface area (Å²) in [6, 6.07) is 8.07. The standard InChI is InChI=1S/C20H25N3OS.2C2HF3O2/c24-19(18-4-2-14-25-18)23-12-7-20(8-13-23)5-10-22(11-6-20)16-17-3-1-9-21-15-17;2*3-2(4,5)1(6)7/h1-4,9,14-15H,5-8,10-13,16H2;2*(H,6,7). The molecule has 39 heavy (non-hydrogen) atoms. The van der Waals surface area contributed by atoms with Gasteiger partial charge in [-0.2, -0.15) is 26.3 Å². The van der Waals surface area contributed by atoms with Crippen molar-refractivity contribution in [1.82, 2.24) is 14.8 Å². The Morgan fingerprint density at radius 1 is 0.872 bits per heavy atom. The van der Waals surface area contributed by atoms with Crippen LogP contribution in [0.3, 0.4) is 0 Å². The monoisotopic (exact) mass is 583 g/mol. The van der Waals surface area contributed by atoms with Crippen LogP contribution in [0.2, 0.25) is 0 Å². The van der Waals surface area contributed by atoms with Gasteiger partial charge in [0, 0.05) is 32.0 Å². The molecule has 0 saturated carbocycles. The molecule has 0 bridgehead atoms. The molecule has 2 aromatic rings. The first-order valence-electron chi connectivity index (χ1n) is 11.7. The molecule has 8 nitrogen and oxygen atoms in total. The summed E-state index contributed by atoms with van der Waals surface area (Å²) in [5, 5.41) is 16.2. The van der Waals surface area contributed by atoms with Gasteiger partial charge in [0.15, 0.2) is 0 Å². The number of likely N-dealkylation sites (tertiary alicyclic amines) is 2. The van der Waals surface area contributed by atoms with Crippen molar-refractivity contribution in [2.45, 2.75) is 44.6 Å². The lowest BCUT2D eigenvalue weighted by molar-refractivity contribution is -0.193. The van der Waals surface area contributed by atoms with Gasteiger partial charge in [0.05, 0.1) is 4.88 Å². The van der Waals surface area contributed by atoms with Crippen LogP contribution in [0.1, 0.15) is 40.9 Å². The van der Waals surface area contributed by atoms with Crippen LogP contribution >= 0.6 is 11.3 Å². The summed E-state index contributed by atoms with van der Waals surface area (Å²) in [5.41, 5.74) is 1.76. The van der Waals surface area contributed by atoms with Crippen LogP contribution in [-0.4, -0.2) is 81.4 Å². The number of aromatic nitrogens is 1. The third kappa shape index (κ3) is 10.5. The zero-order valence-electron chi connectivity index (χ0n) is 20.5. The number of carboxylic acids is 2. The highest BCUT2D eigenvalue weighted by molar-refractivity contribution is 7.12. The molecule has 0 aliphatic carbocycles. The van der Waals surface area contributed by atoms with Crippen LogP contribution in [0.4, 0.5) is 26.3 Å². The normalized spacial score (nSPS) is 17.3. The number of hydrogen-bond donors (Lipinski definition) is 2. The Balaban J connectivity index is 0.000000317. The van der Waals surface area contributed by atoms with Gasteiger partial charge < -0.3 is 15.1 Å². The Morgan fingerprint density at radius 2 is 1.38 bits per heavy atom. The maximum atomic E-state index is 12.5. The van der Waals surface area contributed by atoms with E-state index in [1.54, 1.807) is 11.3 Å². The fraction of sp³-hybridized carbons (Fsp3) is 0.500. The summed E-state index contributed by atoms with van der Waals surface area (Å²) in [5.74, 6) is -5.29. The average molecular weight is 584 g/mol. The SMILES string of the molecule is O=C(O)C(F)(F)F.O=C(O)C(F)(F)F.O=C(c1cccs1)N1CCC2(CCN(Cc3cccnc3)CC2)CC1. The number of amides is 1. The maximum absolute atomic E-state index is 12.5. The van der Waals surface area contributed by atoms with Crippen molar-refractivity contribution >= 4 is 29.2 Å². The van der Waals surface area contributed by atoms with E-state index in [9.17, 15) is 31.1 Å². The summed E-state index contributed by atoms with van der Waals surface area (Å²) < 4.78 is 63.5. The van der Waals surface area contributed by atoms with Crippen LogP contribution in [0.25, 0.3) is 0 Å². The first kappa shape index (κ1) is 32.0. The summed E-state index contributed by atoms with van der Waals surface area (Å²) in [4.78, 5) is 40.0. The van der Waals surface area contributed by atoms with Gasteiger partial charge in [-0.1, -0.05) is 12.1 Å². The lowest BCUT2D eigenvalue weighted by Gasteiger charge is -2.46. The minimum Gasteiger partial charge on any atom is -0.475 e. The van der Waals surface area contributed by atoms with Crippen molar-refractivity contribution < 1.29 is 50.9 Å². The van der Waals surface area contributed by atoms with Gasteiger partial charge >= 0.3 is 24.3 Å². The first-order valence-corrected chi connectivity index (χ1v) is 12.6. The molecule has 1 amide bonds. The summed E-state index contributed by atoms with van der Waals surface area (Å²) in [6.45, 7) is 5.16. The molecule has 2 saturated heterocycles. The van der Waals surface area contributed by atoms with Gasteiger partial charge in [-0.3, -0.25) is 14.7 Å². The first-order chi connectivity index (χ1) is 18.1. The Hall–Kier alpha value is -3.20. The summed E-state index contributed by atoms with van der Waals surface area (Å²) in [7, 11) is 0. The van der Waals surface area contributed by atoms with Crippen LogP contribution in [0.5, 0.6) is 0 Å². The van der Waals surface area contributed by atoms with Gasteiger partial charge in [0.2, 0.25) is 0 Å². The molecule has 2 aliphatic rings. The minimum absolute atomic E-state index is 0.221. The van der Waals surface area contributed by atoms with E-state index in [0.29, 0.717) is 5.41 Å². The van der Waals surface area contributed by atoms with Gasteiger partial charge in [-0.15, -0.1) is 11.3 Å². The molecule has 2 fully saturated rings. The average Bonchev–Trinajstić information content (AvgIpc) is 3.41. The lowest BCUT2D eigenvalue weighted by Crippen LogP contribution is -2.48. The number of hydrogen-bond acceptors (Lipinski definition) is 6. The van der Waals surface area contributed by atoms with Gasteiger partial charge in [-0.25, -0.2) is 9.59 Å². The van der Waals surface area contributed by atoms with Crippen molar-refractivity contribution in [1.29, 1.82) is 0 Å². The Labute approximate surface area is 223 Å². The molecule has 0 radical (unpaired) electrons. The molecule has 1 spiro atoms. The van der Waals surface area contributed by atoms with Crippen molar-refractivity contribution in [3.05, 3.63) is 52.5 Å². The van der Waals surface area contributed by atoms with E-state index in [1.807, 2.05) is 36.0 Å². The molecule has 0 unspecified atom stereocenters. The molecule has 15 heteroatoms. The molecular formula is C24H27F6N3O5S. The number of halogens is 6. The van der Waals surface area contributed by atoms with Crippen molar-refractivity contribution in [2.24, 2.45) is 5.41 Å². The number of nitrogens with zero attached hydrogens (tertiary/aromatic N) is 3. The van der Waals surface area contributed by atoms with E-state index in [2.05, 4.69) is 20.9 Å². The number of pyridine rings is 1. The number of thiophene rings is 1.